The molecule has 0 aliphatic carbocycles. The molecular weight excluding hydrogens is 199 g/mol. The predicted molar refractivity (Wildman–Crippen MR) is 52.2 cm³/mol. The van der Waals surface area contributed by atoms with Gasteiger partial charge in [0.25, 0.3) is 0 Å². The number of carbonyl (C=O) groups is 1. The molecule has 0 heterocycles. The lowest BCUT2D eigenvalue weighted by atomic mass is 10.2. The van der Waals surface area contributed by atoms with Crippen LogP contribution >= 0.6 is 0 Å². The number of benzene rings is 1. The van der Waals surface area contributed by atoms with Crippen LogP contribution in [0.1, 0.15) is 12.5 Å². The van der Waals surface area contributed by atoms with Gasteiger partial charge >= 0.3 is 6.09 Å². The number of rotatable bonds is 2. The van der Waals surface area contributed by atoms with Crippen LogP contribution in [0.25, 0.3) is 0 Å². The molecule has 0 saturated carbocycles. The fourth-order valence-electron chi connectivity index (χ4n) is 0.949. The molecule has 5 heteroatoms. The first kappa shape index (κ1) is 11.2. The monoisotopic (exact) mass is 209 g/mol. The second kappa shape index (κ2) is 5.09. The molecule has 0 atom stereocenters. The number of hydrogen-bond acceptors (Lipinski definition) is 3. The van der Waals surface area contributed by atoms with Crippen molar-refractivity contribution in [1.29, 1.82) is 5.41 Å². The Kier molecular flexibility index (Phi) is 3.79. The molecule has 0 aliphatic rings. The summed E-state index contributed by atoms with van der Waals surface area (Å²) in [4.78, 5) is 10.9. The van der Waals surface area contributed by atoms with E-state index in [9.17, 15) is 9.18 Å². The van der Waals surface area contributed by atoms with Crippen molar-refractivity contribution >= 4 is 11.9 Å². The number of halogens is 1. The number of alkyl carbamates (subject to hydrolysis) is 1. The van der Waals surface area contributed by atoms with Gasteiger partial charge in [0.1, 0.15) is 11.7 Å². The summed E-state index contributed by atoms with van der Waals surface area (Å²) < 4.78 is 17.7. The van der Waals surface area contributed by atoms with Gasteiger partial charge < -0.3 is 4.74 Å². The van der Waals surface area contributed by atoms with Crippen LogP contribution in [0, 0.1) is 17.3 Å². The summed E-state index contributed by atoms with van der Waals surface area (Å²) in [5.41, 5.74) is 0.00167. The Morgan fingerprint density at radius 2 is 2.47 bits per heavy atom. The maximum Gasteiger partial charge on any atom is 0.412 e. The van der Waals surface area contributed by atoms with E-state index in [0.717, 1.165) is 6.07 Å². The highest BCUT2D eigenvalue weighted by atomic mass is 19.1. The van der Waals surface area contributed by atoms with Crippen molar-refractivity contribution in [1.82, 2.24) is 5.32 Å². The molecule has 1 aromatic carbocycles. The second-order valence-electron chi connectivity index (χ2n) is 2.63. The Labute approximate surface area is 86.6 Å². The first-order valence-corrected chi connectivity index (χ1v) is 4.33. The van der Waals surface area contributed by atoms with Gasteiger partial charge in [-0.25, -0.2) is 9.18 Å². The van der Waals surface area contributed by atoms with Crippen LogP contribution < -0.4 is 5.32 Å². The van der Waals surface area contributed by atoms with E-state index in [1.165, 1.54) is 12.1 Å². The molecule has 0 aliphatic heterocycles. The molecule has 79 valence electrons. The number of carbonyl (C=O) groups excluding carboxylic acids is 1. The highest BCUT2D eigenvalue weighted by Gasteiger charge is 2.10. The van der Waals surface area contributed by atoms with Crippen LogP contribution in [0.2, 0.25) is 0 Å². The minimum Gasteiger partial charge on any atom is -0.450 e. The molecule has 0 fully saturated rings. The van der Waals surface area contributed by atoms with E-state index in [1.54, 1.807) is 6.92 Å². The molecule has 15 heavy (non-hydrogen) atoms. The minimum absolute atomic E-state index is 0.00167. The van der Waals surface area contributed by atoms with Crippen molar-refractivity contribution in [3.8, 4) is 0 Å². The molecule has 0 saturated heterocycles. The first-order chi connectivity index (χ1) is 7.15. The van der Waals surface area contributed by atoms with Crippen molar-refractivity contribution in [2.45, 2.75) is 6.92 Å². The van der Waals surface area contributed by atoms with Crippen molar-refractivity contribution in [2.75, 3.05) is 6.61 Å². The number of hydrogen-bond donors (Lipinski definition) is 2. The lowest BCUT2D eigenvalue weighted by Crippen LogP contribution is -2.31. The van der Waals surface area contributed by atoms with Crippen molar-refractivity contribution < 1.29 is 13.9 Å². The summed E-state index contributed by atoms with van der Waals surface area (Å²) in [6.45, 7) is 1.84. The molecule has 1 radical (unpaired) electrons. The Bertz CT molecular complexity index is 379. The molecule has 1 rings (SSSR count). The average Bonchev–Trinajstić information content (AvgIpc) is 2.18. The van der Waals surface area contributed by atoms with E-state index in [-0.39, 0.29) is 18.0 Å². The van der Waals surface area contributed by atoms with E-state index in [0.29, 0.717) is 0 Å². The average molecular weight is 209 g/mol. The smallest absolute Gasteiger partial charge is 0.412 e. The van der Waals surface area contributed by atoms with Gasteiger partial charge in [0.05, 0.1) is 12.2 Å². The summed E-state index contributed by atoms with van der Waals surface area (Å²) in [6.07, 6.45) is -0.769. The van der Waals surface area contributed by atoms with Gasteiger partial charge in [-0.05, 0) is 25.1 Å². The Hall–Kier alpha value is -1.91. The minimum atomic E-state index is -0.769. The van der Waals surface area contributed by atoms with E-state index >= 15 is 0 Å². The van der Waals surface area contributed by atoms with Gasteiger partial charge in [-0.15, -0.1) is 0 Å². The number of amidine groups is 1. The van der Waals surface area contributed by atoms with Crippen LogP contribution in [0.4, 0.5) is 9.18 Å². The fraction of sp³-hybridized carbons (Fsp3) is 0.200. The van der Waals surface area contributed by atoms with Crippen LogP contribution in [-0.4, -0.2) is 18.5 Å². The highest BCUT2D eigenvalue weighted by Crippen LogP contribution is 2.05. The molecule has 2 N–H and O–H groups in total. The molecule has 4 nitrogen and oxygen atoms in total. The fourth-order valence-corrected chi connectivity index (χ4v) is 0.949. The number of ether oxygens (including phenoxy) is 1. The summed E-state index contributed by atoms with van der Waals surface area (Å²) in [7, 11) is 0. The molecule has 0 aromatic heterocycles. The number of amides is 1. The quantitative estimate of drug-likeness (QED) is 0.575. The zero-order valence-electron chi connectivity index (χ0n) is 8.13. The summed E-state index contributed by atoms with van der Waals surface area (Å²) >= 11 is 0. The van der Waals surface area contributed by atoms with Crippen LogP contribution in [0.15, 0.2) is 18.2 Å². The van der Waals surface area contributed by atoms with Crippen molar-refractivity contribution in [3.05, 3.63) is 35.6 Å². The lowest BCUT2D eigenvalue weighted by molar-refractivity contribution is 0.158. The molecule has 1 amide bonds. The first-order valence-electron chi connectivity index (χ1n) is 4.33. The largest absolute Gasteiger partial charge is 0.450 e. The molecule has 1 aromatic rings. The van der Waals surface area contributed by atoms with E-state index in [1.807, 2.05) is 0 Å². The van der Waals surface area contributed by atoms with Gasteiger partial charge in [-0.1, -0.05) is 6.07 Å². The van der Waals surface area contributed by atoms with Crippen LogP contribution in [0.3, 0.4) is 0 Å². The normalized spacial score (nSPS) is 9.47. The lowest BCUT2D eigenvalue weighted by Gasteiger charge is -2.06. The second-order valence-corrected chi connectivity index (χ2v) is 2.63. The Morgan fingerprint density at radius 1 is 1.73 bits per heavy atom. The zero-order chi connectivity index (χ0) is 11.3. The number of nitrogens with one attached hydrogen (secondary N) is 2. The third-order valence-electron chi connectivity index (χ3n) is 1.59. The SMILES string of the molecule is CCOC(=O)NC(=N)c1cc[c]cc1F. The van der Waals surface area contributed by atoms with Crippen molar-refractivity contribution in [3.63, 3.8) is 0 Å². The van der Waals surface area contributed by atoms with Gasteiger partial charge in [0.15, 0.2) is 0 Å². The summed E-state index contributed by atoms with van der Waals surface area (Å²) in [6, 6.07) is 6.42. The van der Waals surface area contributed by atoms with Crippen molar-refractivity contribution in [2.24, 2.45) is 0 Å². The Balaban J connectivity index is 2.70. The van der Waals surface area contributed by atoms with E-state index in [4.69, 9.17) is 5.41 Å². The topological polar surface area (TPSA) is 62.2 Å². The maximum absolute atomic E-state index is 13.1. The molecule has 0 bridgehead atoms. The van der Waals surface area contributed by atoms with Gasteiger partial charge in [0.2, 0.25) is 0 Å². The maximum atomic E-state index is 13.1. The molecule has 0 spiro atoms. The standard InChI is InChI=1S/C10H10FN2O2/c1-2-15-10(14)13-9(12)7-5-3-4-6-8(7)11/h3,5-6H,2H2,1H3,(H2,12,13,14). The third-order valence-corrected chi connectivity index (χ3v) is 1.59. The molecule has 0 unspecified atom stereocenters. The Morgan fingerprint density at radius 3 is 3.07 bits per heavy atom. The summed E-state index contributed by atoms with van der Waals surface area (Å²) in [5, 5.41) is 9.52. The van der Waals surface area contributed by atoms with E-state index < -0.39 is 11.9 Å². The van der Waals surface area contributed by atoms with Gasteiger partial charge in [-0.3, -0.25) is 10.7 Å². The predicted octanol–water partition coefficient (Wildman–Crippen LogP) is 1.70. The summed E-state index contributed by atoms with van der Waals surface area (Å²) in [5.74, 6) is -0.945. The third kappa shape index (κ3) is 3.05. The van der Waals surface area contributed by atoms with Gasteiger partial charge in [-0.2, -0.15) is 0 Å². The zero-order valence-corrected chi connectivity index (χ0v) is 8.13. The van der Waals surface area contributed by atoms with E-state index in [2.05, 4.69) is 16.1 Å². The van der Waals surface area contributed by atoms with Gasteiger partial charge in [0, 0.05) is 0 Å². The molecular formula is C10H10FN2O2. The van der Waals surface area contributed by atoms with Crippen LogP contribution in [0.5, 0.6) is 0 Å². The van der Waals surface area contributed by atoms with Crippen LogP contribution in [-0.2, 0) is 4.74 Å². The highest BCUT2D eigenvalue weighted by molar-refractivity contribution is 6.04.